The lowest BCUT2D eigenvalue weighted by atomic mass is 9.36. The number of hydrogen-bond donors (Lipinski definition) is 0. The van der Waals surface area contributed by atoms with Crippen molar-refractivity contribution in [1.29, 1.82) is 0 Å². The molecular formula is C78H67N. The molecule has 16 rings (SSSR count). The van der Waals surface area contributed by atoms with Crippen molar-refractivity contribution in [1.82, 2.24) is 0 Å². The minimum atomic E-state index is -0.146. The van der Waals surface area contributed by atoms with Crippen LogP contribution in [0, 0.1) is 12.8 Å². The maximum absolute atomic E-state index is 2.62. The Morgan fingerprint density at radius 1 is 0.354 bits per heavy atom. The first-order valence-corrected chi connectivity index (χ1v) is 29.5. The normalized spacial score (nSPS) is 24.1. The molecule has 1 heteroatoms. The Morgan fingerprint density at radius 2 is 0.848 bits per heavy atom. The SMILES string of the molecule is Cc1ccccc1-c1ccccc1C12CCCC34CC(CC5(CC(CC1)c1ccccc1-c1ccccc15)C23)c1ccccc1-c1cccc(-c2ccc(N(c3ccccc3)c3ccc5c(c3)C(C)(C)c3ccccc3-5)cc2)c14. The van der Waals surface area contributed by atoms with Crippen LogP contribution in [-0.4, -0.2) is 0 Å². The highest BCUT2D eigenvalue weighted by Gasteiger charge is 2.69. The van der Waals surface area contributed by atoms with E-state index in [9.17, 15) is 0 Å². The molecule has 3 fully saturated rings. The van der Waals surface area contributed by atoms with Gasteiger partial charge < -0.3 is 4.90 Å². The molecule has 6 aliphatic rings. The van der Waals surface area contributed by atoms with E-state index in [1.54, 1.807) is 27.8 Å². The predicted molar refractivity (Wildman–Crippen MR) is 329 cm³/mol. The Balaban J connectivity index is 0.938. The van der Waals surface area contributed by atoms with E-state index in [0.29, 0.717) is 17.8 Å². The third-order valence-corrected chi connectivity index (χ3v) is 21.3. The fourth-order valence-corrected chi connectivity index (χ4v) is 18.6. The summed E-state index contributed by atoms with van der Waals surface area (Å²) < 4.78 is 0. The van der Waals surface area contributed by atoms with Crippen LogP contribution in [0.25, 0.3) is 55.6 Å². The summed E-state index contributed by atoms with van der Waals surface area (Å²) >= 11 is 0. The van der Waals surface area contributed by atoms with Gasteiger partial charge in [0.25, 0.3) is 0 Å². The average molecular weight is 1020 g/mol. The van der Waals surface area contributed by atoms with E-state index in [1.807, 2.05) is 0 Å². The molecule has 2 spiro atoms. The van der Waals surface area contributed by atoms with Gasteiger partial charge in [0.15, 0.2) is 0 Å². The summed E-state index contributed by atoms with van der Waals surface area (Å²) in [6.45, 7) is 7.11. The molecule has 0 amide bonds. The first-order valence-electron chi connectivity index (χ1n) is 29.5. The van der Waals surface area contributed by atoms with Gasteiger partial charge in [-0.3, -0.25) is 0 Å². The van der Waals surface area contributed by atoms with Crippen molar-refractivity contribution < 1.29 is 0 Å². The molecule has 0 N–H and O–H groups in total. The largest absolute Gasteiger partial charge is 0.310 e. The predicted octanol–water partition coefficient (Wildman–Crippen LogP) is 20.5. The zero-order valence-corrected chi connectivity index (χ0v) is 45.9. The van der Waals surface area contributed by atoms with E-state index in [4.69, 9.17) is 0 Å². The van der Waals surface area contributed by atoms with Gasteiger partial charge in [-0.05, 0) is 206 Å². The number of hydrogen-bond acceptors (Lipinski definition) is 1. The van der Waals surface area contributed by atoms with Gasteiger partial charge in [-0.15, -0.1) is 0 Å². The van der Waals surface area contributed by atoms with E-state index in [0.717, 1.165) is 18.5 Å². The van der Waals surface area contributed by atoms with Gasteiger partial charge in [-0.25, -0.2) is 0 Å². The smallest absolute Gasteiger partial charge is 0.0465 e. The van der Waals surface area contributed by atoms with Crippen LogP contribution in [0.3, 0.4) is 0 Å². The van der Waals surface area contributed by atoms with Crippen molar-refractivity contribution in [2.75, 3.05) is 4.90 Å². The molecule has 0 heterocycles. The van der Waals surface area contributed by atoms with Gasteiger partial charge >= 0.3 is 0 Å². The lowest BCUT2D eigenvalue weighted by molar-refractivity contribution is -0.0336. The Kier molecular flexibility index (Phi) is 10.4. The topological polar surface area (TPSA) is 3.24 Å². The number of benzene rings is 10. The second-order valence-corrected chi connectivity index (χ2v) is 25.2. The number of aryl methyl sites for hydroxylation is 1. The van der Waals surface area contributed by atoms with Crippen molar-refractivity contribution in [2.24, 2.45) is 5.92 Å². The molecule has 0 saturated heterocycles. The fourth-order valence-electron chi connectivity index (χ4n) is 18.6. The number of anilines is 3. The molecule has 384 valence electrons. The van der Waals surface area contributed by atoms with Crippen LogP contribution in [0.15, 0.2) is 237 Å². The molecule has 0 radical (unpaired) electrons. The molecule has 0 aromatic heterocycles. The molecule has 0 aliphatic heterocycles. The molecule has 6 atom stereocenters. The molecule has 6 aliphatic carbocycles. The van der Waals surface area contributed by atoms with Gasteiger partial charge in [-0.1, -0.05) is 220 Å². The number of fused-ring (bicyclic) bond motifs is 13. The summed E-state index contributed by atoms with van der Waals surface area (Å²) in [5.74, 6) is 1.18. The van der Waals surface area contributed by atoms with Crippen molar-refractivity contribution >= 4 is 17.1 Å². The molecule has 79 heavy (non-hydrogen) atoms. The van der Waals surface area contributed by atoms with Gasteiger partial charge in [-0.2, -0.15) is 0 Å². The second kappa shape index (κ2) is 17.5. The first kappa shape index (κ1) is 47.0. The van der Waals surface area contributed by atoms with Crippen LogP contribution >= 0.6 is 0 Å². The molecule has 6 unspecified atom stereocenters. The minimum absolute atomic E-state index is 0.0943. The lowest BCUT2D eigenvalue weighted by Gasteiger charge is -2.66. The van der Waals surface area contributed by atoms with Gasteiger partial charge in [0.2, 0.25) is 0 Å². The highest BCUT2D eigenvalue weighted by Crippen LogP contribution is 2.76. The molecular weight excluding hydrogens is 951 g/mol. The monoisotopic (exact) mass is 1020 g/mol. The molecule has 10 aromatic rings. The maximum Gasteiger partial charge on any atom is 0.0465 e. The van der Waals surface area contributed by atoms with Crippen LogP contribution in [0.1, 0.15) is 122 Å². The Bertz CT molecular complexity index is 4070. The summed E-state index contributed by atoms with van der Waals surface area (Å²) in [5.41, 5.74) is 29.2. The molecule has 10 aromatic carbocycles. The Morgan fingerprint density at radius 3 is 1.58 bits per heavy atom. The van der Waals surface area contributed by atoms with Crippen molar-refractivity contribution in [3.8, 4) is 55.6 Å². The van der Waals surface area contributed by atoms with Crippen molar-refractivity contribution in [3.63, 3.8) is 0 Å². The third-order valence-electron chi connectivity index (χ3n) is 21.3. The quantitative estimate of drug-likeness (QED) is 0.160. The Hall–Kier alpha value is -8.00. The second-order valence-electron chi connectivity index (χ2n) is 25.2. The zero-order chi connectivity index (χ0) is 52.7. The first-order chi connectivity index (χ1) is 38.8. The summed E-state index contributed by atoms with van der Waals surface area (Å²) in [6.07, 6.45) is 9.43. The fraction of sp³-hybridized carbons (Fsp3) is 0.231. The van der Waals surface area contributed by atoms with E-state index in [-0.39, 0.29) is 21.7 Å². The highest BCUT2D eigenvalue weighted by atomic mass is 15.1. The molecule has 3 saturated carbocycles. The third kappa shape index (κ3) is 6.69. The van der Waals surface area contributed by atoms with E-state index in [2.05, 4.69) is 262 Å². The molecule has 1 nitrogen and oxygen atoms in total. The van der Waals surface area contributed by atoms with Gasteiger partial charge in [0.1, 0.15) is 0 Å². The summed E-state index contributed by atoms with van der Waals surface area (Å²) in [6, 6.07) is 92.6. The summed E-state index contributed by atoms with van der Waals surface area (Å²) in [7, 11) is 0. The number of nitrogens with zero attached hydrogens (tertiary/aromatic N) is 1. The van der Waals surface area contributed by atoms with Crippen LogP contribution in [0.5, 0.6) is 0 Å². The van der Waals surface area contributed by atoms with Crippen LogP contribution < -0.4 is 4.90 Å². The number of para-hydroxylation sites is 1. The average Bonchev–Trinajstić information content (AvgIpc) is 2.81. The lowest BCUT2D eigenvalue weighted by Crippen LogP contribution is -2.63. The van der Waals surface area contributed by atoms with Crippen LogP contribution in [0.4, 0.5) is 17.1 Å². The maximum atomic E-state index is 2.62. The zero-order valence-electron chi connectivity index (χ0n) is 45.9. The minimum Gasteiger partial charge on any atom is -0.310 e. The van der Waals surface area contributed by atoms with Crippen LogP contribution in [0.2, 0.25) is 0 Å². The summed E-state index contributed by atoms with van der Waals surface area (Å²) in [5, 5.41) is 0. The van der Waals surface area contributed by atoms with E-state index < -0.39 is 0 Å². The van der Waals surface area contributed by atoms with Crippen molar-refractivity contribution in [2.45, 2.75) is 106 Å². The van der Waals surface area contributed by atoms with Gasteiger partial charge in [0, 0.05) is 38.7 Å². The summed E-state index contributed by atoms with van der Waals surface area (Å²) in [4.78, 5) is 2.48. The van der Waals surface area contributed by atoms with Crippen molar-refractivity contribution in [3.05, 3.63) is 281 Å². The van der Waals surface area contributed by atoms with E-state index >= 15 is 0 Å². The number of rotatable bonds is 6. The van der Waals surface area contributed by atoms with Gasteiger partial charge in [0.05, 0.1) is 0 Å². The standard InChI is InChI=1S/C78H67N/c1-51-21-7-8-24-58(51)64-29-14-17-35-70(64)76-44-20-45-77-49-54(50-78(74(76)77)48-53(43-46-76)59-25-9-11-27-62(59)65-30-15-18-36-71(65)78)60-26-10-12-28-63(60)68-33-19-32-61(73(68)77)52-37-39-56(40-38-52)79(55-22-5-4-6-23-55)57-41-42-67-66-31-13-16-34-69(66)75(2,3)72(67)47-57/h4-19,21-42,47,53-54,74H,20,43-46,48-50H2,1-3H3. The highest BCUT2D eigenvalue weighted by molar-refractivity contribution is 5.88. The molecule has 4 bridgehead atoms. The Labute approximate surface area is 467 Å². The van der Waals surface area contributed by atoms with E-state index in [1.165, 1.54) is 122 Å². The van der Waals surface area contributed by atoms with Crippen LogP contribution in [-0.2, 0) is 21.7 Å².